The fourth-order valence-electron chi connectivity index (χ4n) is 2.80. The van der Waals surface area contributed by atoms with E-state index < -0.39 is 17.5 Å². The summed E-state index contributed by atoms with van der Waals surface area (Å²) in [5, 5.41) is 2.78. The summed E-state index contributed by atoms with van der Waals surface area (Å²) in [6.07, 6.45) is 0.307. The summed E-state index contributed by atoms with van der Waals surface area (Å²) in [6.45, 7) is 1.60. The molecule has 0 aromatic heterocycles. The number of anilines is 1. The molecule has 2 aromatic rings. The number of carbonyl (C=O) groups excluding carboxylic acids is 2. The normalized spacial score (nSPS) is 18.8. The molecule has 130 valence electrons. The summed E-state index contributed by atoms with van der Waals surface area (Å²) in [5.74, 6) is 0.185. The first-order valence-electron chi connectivity index (χ1n) is 7.81. The monoisotopic (exact) mass is 341 g/mol. The Morgan fingerprint density at radius 1 is 1.12 bits per heavy atom. The molecule has 3 rings (SSSR count). The molecule has 0 unspecified atom stereocenters. The second kappa shape index (κ2) is 6.47. The average Bonchev–Trinajstić information content (AvgIpc) is 2.61. The first-order valence-corrected chi connectivity index (χ1v) is 7.81. The predicted octanol–water partition coefficient (Wildman–Crippen LogP) is 2.81. The van der Waals surface area contributed by atoms with Crippen LogP contribution in [-0.2, 0) is 16.0 Å². The number of cyclic esters (lactones) is 1. The van der Waals surface area contributed by atoms with E-state index in [0.717, 1.165) is 5.56 Å². The topological polar surface area (TPSA) is 73.9 Å². The lowest BCUT2D eigenvalue weighted by molar-refractivity contribution is -0.134. The third-order valence-corrected chi connectivity index (χ3v) is 4.17. The van der Waals surface area contributed by atoms with Gasteiger partial charge in [0.1, 0.15) is 11.5 Å². The zero-order chi connectivity index (χ0) is 18.0. The second-order valence-corrected chi connectivity index (χ2v) is 6.01. The molecule has 0 aliphatic carbocycles. The van der Waals surface area contributed by atoms with Crippen molar-refractivity contribution in [3.8, 4) is 11.5 Å². The smallest absolute Gasteiger partial charge is 0.339 e. The van der Waals surface area contributed by atoms with Crippen LogP contribution in [0.25, 0.3) is 0 Å². The molecule has 0 fully saturated rings. The van der Waals surface area contributed by atoms with E-state index in [2.05, 4.69) is 5.32 Å². The van der Waals surface area contributed by atoms with Gasteiger partial charge < -0.3 is 19.5 Å². The quantitative estimate of drug-likeness (QED) is 0.866. The standard InChI is InChI=1S/C19H19NO5/c1-19(11-12-6-4-5-7-16(12)17(21)25-19)18(22)20-13-8-14(23-2)10-15(9-13)24-3/h4-10H,11H2,1-3H3,(H,20,22)/t19-/m0/s1. The van der Waals surface area contributed by atoms with Crippen molar-refractivity contribution in [3.05, 3.63) is 53.6 Å². The molecule has 1 N–H and O–H groups in total. The molecular weight excluding hydrogens is 322 g/mol. The van der Waals surface area contributed by atoms with Crippen molar-refractivity contribution in [2.75, 3.05) is 19.5 Å². The average molecular weight is 341 g/mol. The van der Waals surface area contributed by atoms with Crippen LogP contribution in [-0.4, -0.2) is 31.7 Å². The molecule has 1 atom stereocenters. The van der Waals surface area contributed by atoms with E-state index >= 15 is 0 Å². The Hall–Kier alpha value is -3.02. The highest BCUT2D eigenvalue weighted by Gasteiger charge is 2.42. The van der Waals surface area contributed by atoms with Gasteiger partial charge in [-0.3, -0.25) is 4.79 Å². The number of amides is 1. The van der Waals surface area contributed by atoms with E-state index in [1.54, 1.807) is 37.3 Å². The van der Waals surface area contributed by atoms with Gasteiger partial charge in [-0.2, -0.15) is 0 Å². The highest BCUT2D eigenvalue weighted by Crippen LogP contribution is 2.31. The molecule has 0 radical (unpaired) electrons. The van der Waals surface area contributed by atoms with Crippen molar-refractivity contribution in [3.63, 3.8) is 0 Å². The van der Waals surface area contributed by atoms with Gasteiger partial charge in [-0.25, -0.2) is 4.79 Å². The van der Waals surface area contributed by atoms with Gasteiger partial charge in [0.2, 0.25) is 0 Å². The molecular formula is C19H19NO5. The molecule has 2 aromatic carbocycles. The SMILES string of the molecule is COc1cc(NC(=O)[C@]2(C)Cc3ccccc3C(=O)O2)cc(OC)c1. The molecule has 0 saturated heterocycles. The van der Waals surface area contributed by atoms with Gasteiger partial charge in [0.05, 0.1) is 19.8 Å². The van der Waals surface area contributed by atoms with Gasteiger partial charge in [0.15, 0.2) is 5.60 Å². The number of methoxy groups -OCH3 is 2. The first-order chi connectivity index (χ1) is 11.9. The molecule has 25 heavy (non-hydrogen) atoms. The largest absolute Gasteiger partial charge is 0.497 e. The van der Waals surface area contributed by atoms with E-state index in [4.69, 9.17) is 14.2 Å². The van der Waals surface area contributed by atoms with Gasteiger partial charge in [-0.15, -0.1) is 0 Å². The van der Waals surface area contributed by atoms with Crippen LogP contribution in [0.3, 0.4) is 0 Å². The van der Waals surface area contributed by atoms with Gasteiger partial charge in [-0.05, 0) is 18.6 Å². The molecule has 1 heterocycles. The fourth-order valence-corrected chi connectivity index (χ4v) is 2.80. The molecule has 6 nitrogen and oxygen atoms in total. The van der Waals surface area contributed by atoms with Crippen LogP contribution < -0.4 is 14.8 Å². The Labute approximate surface area is 145 Å². The lowest BCUT2D eigenvalue weighted by Gasteiger charge is -2.33. The molecule has 1 amide bonds. The third-order valence-electron chi connectivity index (χ3n) is 4.17. The number of carbonyl (C=O) groups is 2. The zero-order valence-electron chi connectivity index (χ0n) is 14.3. The van der Waals surface area contributed by atoms with Crippen LogP contribution in [0, 0.1) is 0 Å². The highest BCUT2D eigenvalue weighted by molar-refractivity contribution is 6.02. The van der Waals surface area contributed by atoms with E-state index in [0.29, 0.717) is 29.2 Å². The zero-order valence-corrected chi connectivity index (χ0v) is 14.3. The van der Waals surface area contributed by atoms with E-state index in [9.17, 15) is 9.59 Å². The first kappa shape index (κ1) is 16.8. The summed E-state index contributed by atoms with van der Waals surface area (Å²) in [4.78, 5) is 25.0. The summed E-state index contributed by atoms with van der Waals surface area (Å²) in [7, 11) is 3.06. The fraction of sp³-hybridized carbons (Fsp3) is 0.263. The Morgan fingerprint density at radius 3 is 2.40 bits per heavy atom. The Morgan fingerprint density at radius 2 is 1.76 bits per heavy atom. The number of esters is 1. The highest BCUT2D eigenvalue weighted by atomic mass is 16.6. The molecule has 1 aliphatic heterocycles. The minimum absolute atomic E-state index is 0.307. The molecule has 0 spiro atoms. The van der Waals surface area contributed by atoms with Crippen molar-refractivity contribution in [1.29, 1.82) is 0 Å². The van der Waals surface area contributed by atoms with Crippen LogP contribution in [0.1, 0.15) is 22.8 Å². The third kappa shape index (κ3) is 3.28. The molecule has 6 heteroatoms. The Kier molecular flexibility index (Phi) is 4.35. The number of hydrogen-bond acceptors (Lipinski definition) is 5. The van der Waals surface area contributed by atoms with E-state index in [1.807, 2.05) is 12.1 Å². The van der Waals surface area contributed by atoms with Crippen LogP contribution in [0.2, 0.25) is 0 Å². The lowest BCUT2D eigenvalue weighted by atomic mass is 9.89. The maximum absolute atomic E-state index is 12.8. The van der Waals surface area contributed by atoms with E-state index in [1.165, 1.54) is 14.2 Å². The lowest BCUT2D eigenvalue weighted by Crippen LogP contribution is -2.48. The van der Waals surface area contributed by atoms with Gasteiger partial charge in [0.25, 0.3) is 5.91 Å². The number of fused-ring (bicyclic) bond motifs is 1. The predicted molar refractivity (Wildman–Crippen MR) is 92.1 cm³/mol. The van der Waals surface area contributed by atoms with Gasteiger partial charge >= 0.3 is 5.97 Å². The number of ether oxygens (including phenoxy) is 3. The minimum Gasteiger partial charge on any atom is -0.497 e. The summed E-state index contributed by atoms with van der Waals surface area (Å²) < 4.78 is 15.8. The van der Waals surface area contributed by atoms with Crippen LogP contribution in [0.15, 0.2) is 42.5 Å². The number of hydrogen-bond donors (Lipinski definition) is 1. The van der Waals surface area contributed by atoms with Crippen molar-refractivity contribution in [2.45, 2.75) is 18.9 Å². The summed E-state index contributed by atoms with van der Waals surface area (Å²) in [6, 6.07) is 12.2. The van der Waals surface area contributed by atoms with Crippen molar-refractivity contribution in [2.24, 2.45) is 0 Å². The summed E-state index contributed by atoms with van der Waals surface area (Å²) in [5.41, 5.74) is 0.495. The van der Waals surface area contributed by atoms with Crippen molar-refractivity contribution >= 4 is 17.6 Å². The summed E-state index contributed by atoms with van der Waals surface area (Å²) >= 11 is 0. The minimum atomic E-state index is -1.29. The van der Waals surface area contributed by atoms with Crippen LogP contribution in [0.4, 0.5) is 5.69 Å². The molecule has 0 saturated carbocycles. The van der Waals surface area contributed by atoms with Gasteiger partial charge in [-0.1, -0.05) is 18.2 Å². The second-order valence-electron chi connectivity index (χ2n) is 6.01. The van der Waals surface area contributed by atoms with Crippen molar-refractivity contribution < 1.29 is 23.8 Å². The Balaban J connectivity index is 1.85. The number of rotatable bonds is 4. The molecule has 1 aliphatic rings. The molecule has 0 bridgehead atoms. The maximum Gasteiger partial charge on any atom is 0.339 e. The van der Waals surface area contributed by atoms with Crippen LogP contribution >= 0.6 is 0 Å². The van der Waals surface area contributed by atoms with E-state index in [-0.39, 0.29) is 0 Å². The van der Waals surface area contributed by atoms with Crippen LogP contribution in [0.5, 0.6) is 11.5 Å². The van der Waals surface area contributed by atoms with Crippen molar-refractivity contribution in [1.82, 2.24) is 0 Å². The number of nitrogens with one attached hydrogen (secondary N) is 1. The maximum atomic E-state index is 12.8. The number of benzene rings is 2. The Bertz CT molecular complexity index is 810. The van der Waals surface area contributed by atoms with Gasteiger partial charge in [0, 0.05) is 30.3 Å².